The summed E-state index contributed by atoms with van der Waals surface area (Å²) in [5.74, 6) is 0.502. The van der Waals surface area contributed by atoms with Crippen LogP contribution in [0.3, 0.4) is 0 Å². The van der Waals surface area contributed by atoms with E-state index < -0.39 is 0 Å². The number of aromatic nitrogens is 1. The monoisotopic (exact) mass is 241 g/mol. The molecule has 0 saturated carbocycles. The molecule has 0 radical (unpaired) electrons. The van der Waals surface area contributed by atoms with Gasteiger partial charge in [-0.15, -0.1) is 0 Å². The van der Waals surface area contributed by atoms with E-state index in [1.165, 1.54) is 0 Å². The molecule has 1 aliphatic heterocycles. The number of aryl methyl sites for hydroxylation is 1. The highest BCUT2D eigenvalue weighted by molar-refractivity contribution is 9.10. The zero-order chi connectivity index (χ0) is 9.59. The molecule has 0 bridgehead atoms. The molecule has 2 nitrogen and oxygen atoms in total. The van der Waals surface area contributed by atoms with Gasteiger partial charge in [0.15, 0.2) is 0 Å². The molecule has 0 aliphatic carbocycles. The van der Waals surface area contributed by atoms with E-state index in [4.69, 9.17) is 0 Å². The first-order chi connectivity index (χ1) is 6.11. The fourth-order valence-corrected chi connectivity index (χ4v) is 2.91. The van der Waals surface area contributed by atoms with Gasteiger partial charge in [-0.1, -0.05) is 6.92 Å². The van der Waals surface area contributed by atoms with Gasteiger partial charge < -0.3 is 4.57 Å². The van der Waals surface area contributed by atoms with Gasteiger partial charge in [0.1, 0.15) is 0 Å². The average Bonchev–Trinajstić information content (AvgIpc) is 2.44. The van der Waals surface area contributed by atoms with Crippen LogP contribution in [0.15, 0.2) is 15.3 Å². The Kier molecular flexibility index (Phi) is 2.06. The van der Waals surface area contributed by atoms with Crippen LogP contribution < -0.4 is 5.56 Å². The first-order valence-corrected chi connectivity index (χ1v) is 5.30. The van der Waals surface area contributed by atoms with Crippen molar-refractivity contribution in [2.75, 3.05) is 0 Å². The van der Waals surface area contributed by atoms with Crippen LogP contribution in [0.4, 0.5) is 0 Å². The van der Waals surface area contributed by atoms with Crippen molar-refractivity contribution >= 4 is 15.9 Å². The van der Waals surface area contributed by atoms with Crippen LogP contribution in [-0.2, 0) is 6.54 Å². The van der Waals surface area contributed by atoms with Crippen molar-refractivity contribution in [2.45, 2.75) is 32.7 Å². The summed E-state index contributed by atoms with van der Waals surface area (Å²) in [5, 5.41) is 0. The van der Waals surface area contributed by atoms with Crippen molar-refractivity contribution in [1.82, 2.24) is 4.57 Å². The van der Waals surface area contributed by atoms with E-state index >= 15 is 0 Å². The minimum absolute atomic E-state index is 0.169. The summed E-state index contributed by atoms with van der Waals surface area (Å²) in [4.78, 5) is 11.7. The molecular formula is C10H12BrNO. The predicted octanol–water partition coefficient (Wildman–Crippen LogP) is 2.43. The van der Waals surface area contributed by atoms with Gasteiger partial charge in [0, 0.05) is 22.3 Å². The predicted molar refractivity (Wildman–Crippen MR) is 56.2 cm³/mol. The largest absolute Gasteiger partial charge is 0.311 e. The Labute approximate surface area is 85.7 Å². The number of pyridine rings is 1. The minimum Gasteiger partial charge on any atom is -0.311 e. The molecule has 0 aromatic carbocycles. The lowest BCUT2D eigenvalue weighted by atomic mass is 10.1. The second-order valence-electron chi connectivity index (χ2n) is 3.71. The molecule has 0 spiro atoms. The lowest BCUT2D eigenvalue weighted by molar-refractivity contribution is 0.691. The molecule has 2 heterocycles. The van der Waals surface area contributed by atoms with Gasteiger partial charge in [0.25, 0.3) is 5.56 Å². The van der Waals surface area contributed by atoms with Crippen molar-refractivity contribution in [2.24, 2.45) is 0 Å². The molecule has 0 fully saturated rings. The highest BCUT2D eigenvalue weighted by atomic mass is 79.9. The molecule has 70 valence electrons. The van der Waals surface area contributed by atoms with Crippen LogP contribution in [-0.4, -0.2) is 4.57 Å². The number of rotatable bonds is 0. The van der Waals surface area contributed by atoms with Gasteiger partial charge in [-0.2, -0.15) is 0 Å². The van der Waals surface area contributed by atoms with E-state index in [1.54, 1.807) is 0 Å². The molecule has 13 heavy (non-hydrogen) atoms. The van der Waals surface area contributed by atoms with Gasteiger partial charge in [0.05, 0.1) is 0 Å². The zero-order valence-corrected chi connectivity index (χ0v) is 9.39. The number of fused-ring (bicyclic) bond motifs is 1. The van der Waals surface area contributed by atoms with E-state index in [-0.39, 0.29) is 5.56 Å². The third kappa shape index (κ3) is 1.26. The van der Waals surface area contributed by atoms with E-state index in [0.29, 0.717) is 5.92 Å². The maximum atomic E-state index is 11.7. The molecule has 0 saturated heterocycles. The smallest absolute Gasteiger partial charge is 0.253 e. The second-order valence-corrected chi connectivity index (χ2v) is 4.56. The fourth-order valence-electron chi connectivity index (χ4n) is 1.96. The summed E-state index contributed by atoms with van der Waals surface area (Å²) in [7, 11) is 0. The molecule has 0 N–H and O–H groups in total. The number of halogens is 1. The quantitative estimate of drug-likeness (QED) is 0.684. The van der Waals surface area contributed by atoms with E-state index in [0.717, 1.165) is 28.7 Å². The highest BCUT2D eigenvalue weighted by Gasteiger charge is 2.22. The summed E-state index contributed by atoms with van der Waals surface area (Å²) in [5.41, 5.74) is 2.16. The minimum atomic E-state index is 0.169. The van der Waals surface area contributed by atoms with E-state index in [1.807, 2.05) is 17.6 Å². The molecule has 1 unspecified atom stereocenters. The third-order valence-corrected chi connectivity index (χ3v) is 3.35. The van der Waals surface area contributed by atoms with E-state index in [9.17, 15) is 4.79 Å². The maximum Gasteiger partial charge on any atom is 0.253 e. The Morgan fingerprint density at radius 1 is 1.62 bits per heavy atom. The van der Waals surface area contributed by atoms with Crippen LogP contribution >= 0.6 is 15.9 Å². The number of hydrogen-bond donors (Lipinski definition) is 0. The van der Waals surface area contributed by atoms with Crippen LogP contribution in [0, 0.1) is 6.92 Å². The van der Waals surface area contributed by atoms with Gasteiger partial charge in [-0.25, -0.2) is 0 Å². The lowest BCUT2D eigenvalue weighted by Gasteiger charge is -2.09. The summed E-state index contributed by atoms with van der Waals surface area (Å²) < 4.78 is 2.97. The molecule has 0 amide bonds. The average molecular weight is 242 g/mol. The summed E-state index contributed by atoms with van der Waals surface area (Å²) in [6.45, 7) is 4.90. The molecule has 1 aromatic heterocycles. The van der Waals surface area contributed by atoms with Crippen molar-refractivity contribution in [1.29, 1.82) is 0 Å². The van der Waals surface area contributed by atoms with Crippen LogP contribution in [0.5, 0.6) is 0 Å². The van der Waals surface area contributed by atoms with Crippen molar-refractivity contribution in [3.8, 4) is 0 Å². The lowest BCUT2D eigenvalue weighted by Crippen LogP contribution is -2.21. The molecule has 1 aliphatic rings. The van der Waals surface area contributed by atoms with E-state index in [2.05, 4.69) is 22.9 Å². The normalized spacial score (nSPS) is 20.4. The highest BCUT2D eigenvalue weighted by Crippen LogP contribution is 2.31. The molecule has 1 aromatic rings. The Hall–Kier alpha value is -0.570. The standard InChI is InChI=1S/C10H12BrNO/c1-6-3-4-12-9(6)8(11)5-7(2)10(12)13/h5-6H,3-4H2,1-2H3. The molecule has 1 atom stereocenters. The van der Waals surface area contributed by atoms with Gasteiger partial charge in [-0.3, -0.25) is 4.79 Å². The van der Waals surface area contributed by atoms with Gasteiger partial charge in [-0.05, 0) is 41.3 Å². The van der Waals surface area contributed by atoms with Gasteiger partial charge in [0.2, 0.25) is 0 Å². The first-order valence-electron chi connectivity index (χ1n) is 4.51. The Balaban J connectivity index is 2.77. The second kappa shape index (κ2) is 2.98. The Bertz CT molecular complexity index is 408. The molecule has 2 rings (SSSR count). The van der Waals surface area contributed by atoms with Crippen LogP contribution in [0.1, 0.15) is 30.5 Å². The number of nitrogens with zero attached hydrogens (tertiary/aromatic N) is 1. The van der Waals surface area contributed by atoms with Crippen LogP contribution in [0.25, 0.3) is 0 Å². The SMILES string of the molecule is Cc1cc(Br)c2n(c1=O)CCC2C. The summed E-state index contributed by atoms with van der Waals surface area (Å²) in [6.07, 6.45) is 1.08. The zero-order valence-electron chi connectivity index (χ0n) is 7.80. The fraction of sp³-hybridized carbons (Fsp3) is 0.500. The maximum absolute atomic E-state index is 11.7. The molecular weight excluding hydrogens is 230 g/mol. The summed E-state index contributed by atoms with van der Waals surface area (Å²) in [6, 6.07) is 1.93. The summed E-state index contributed by atoms with van der Waals surface area (Å²) >= 11 is 3.51. The van der Waals surface area contributed by atoms with Crippen molar-refractivity contribution < 1.29 is 0 Å². The number of hydrogen-bond acceptors (Lipinski definition) is 1. The molecule has 3 heteroatoms. The van der Waals surface area contributed by atoms with Gasteiger partial charge >= 0.3 is 0 Å². The van der Waals surface area contributed by atoms with Crippen LogP contribution in [0.2, 0.25) is 0 Å². The first kappa shape index (κ1) is 9.00. The topological polar surface area (TPSA) is 22.0 Å². The Morgan fingerprint density at radius 2 is 2.31 bits per heavy atom. The Morgan fingerprint density at radius 3 is 3.00 bits per heavy atom. The van der Waals surface area contributed by atoms with Crippen molar-refractivity contribution in [3.63, 3.8) is 0 Å². The third-order valence-electron chi connectivity index (χ3n) is 2.71. The van der Waals surface area contributed by atoms with Crippen molar-refractivity contribution in [3.05, 3.63) is 32.2 Å².